The fraction of sp³-hybridized carbons (Fsp3) is 0.111. The fourth-order valence-corrected chi connectivity index (χ4v) is 1.13. The highest BCUT2D eigenvalue weighted by molar-refractivity contribution is 6.67. The summed E-state index contributed by atoms with van der Waals surface area (Å²) in [5, 5.41) is -0.881. The maximum absolute atomic E-state index is 13.0. The summed E-state index contributed by atoms with van der Waals surface area (Å²) >= 11 is 10.6. The van der Waals surface area contributed by atoms with E-state index in [9.17, 15) is 9.18 Å². The highest BCUT2D eigenvalue weighted by Gasteiger charge is 2.09. The molecule has 0 unspecified atom stereocenters. The van der Waals surface area contributed by atoms with Gasteiger partial charge in [-0.1, -0.05) is 0 Å². The minimum Gasteiger partial charge on any atom is -0.386 e. The lowest BCUT2D eigenvalue weighted by molar-refractivity contribution is 0.107. The van der Waals surface area contributed by atoms with Gasteiger partial charge >= 0.3 is 0 Å². The third-order valence-corrected chi connectivity index (χ3v) is 2.05. The molecule has 0 aromatic heterocycles. The van der Waals surface area contributed by atoms with E-state index in [-0.39, 0.29) is 17.3 Å². The number of halogens is 3. The molecular weight excluding hydrogens is 242 g/mol. The van der Waals surface area contributed by atoms with Crippen LogP contribution in [0.1, 0.15) is 10.4 Å². The molecule has 0 atom stereocenters. The lowest BCUT2D eigenvalue weighted by Crippen LogP contribution is -2.12. The fourth-order valence-electron chi connectivity index (χ4n) is 0.929. The molecule has 0 amide bonds. The molecule has 0 heterocycles. The molecule has 1 rings (SSSR count). The minimum absolute atomic E-state index is 0.0571. The average molecular weight is 249 g/mol. The van der Waals surface area contributed by atoms with Gasteiger partial charge in [0.2, 0.25) is 0 Å². The maximum atomic E-state index is 13.0. The zero-order valence-corrected chi connectivity index (χ0v) is 9.02. The predicted octanol–water partition coefficient (Wildman–Crippen LogP) is 2.43. The largest absolute Gasteiger partial charge is 0.386 e. The highest BCUT2D eigenvalue weighted by atomic mass is 35.5. The minimum atomic E-state index is -0.881. The van der Waals surface area contributed by atoms with Gasteiger partial charge in [-0.3, -0.25) is 4.79 Å². The molecule has 0 saturated carbocycles. The molecule has 0 bridgehead atoms. The molecule has 1 aromatic carbocycles. The summed E-state index contributed by atoms with van der Waals surface area (Å²) in [6, 6.07) is 3.68. The van der Waals surface area contributed by atoms with Crippen LogP contribution in [-0.4, -0.2) is 17.0 Å². The van der Waals surface area contributed by atoms with Gasteiger partial charge in [0.25, 0.3) is 5.24 Å². The van der Waals surface area contributed by atoms with E-state index < -0.39 is 11.1 Å². The third-order valence-electron chi connectivity index (χ3n) is 1.57. The summed E-state index contributed by atoms with van der Waals surface area (Å²) in [5.74, 6) is -0.462. The zero-order chi connectivity index (χ0) is 11.4. The van der Waals surface area contributed by atoms with E-state index >= 15 is 0 Å². The Morgan fingerprint density at radius 2 is 2.20 bits per heavy atom. The SMILES string of the molecule is NC(CCl)=Nc1ccc(F)c(C(=O)Cl)c1. The normalized spacial score (nSPS) is 11.5. The number of nitrogens with zero attached hydrogens (tertiary/aromatic N) is 1. The van der Waals surface area contributed by atoms with Gasteiger partial charge in [-0.25, -0.2) is 9.38 Å². The smallest absolute Gasteiger partial charge is 0.255 e. The highest BCUT2D eigenvalue weighted by Crippen LogP contribution is 2.19. The molecular formula is C9H7Cl2FN2O. The van der Waals surface area contributed by atoms with Crippen LogP contribution in [0.2, 0.25) is 0 Å². The standard InChI is InChI=1S/C9H7Cl2FN2O/c10-4-8(13)14-5-1-2-7(12)6(3-5)9(11)15/h1-3H,4H2,(H2,13,14). The third kappa shape index (κ3) is 3.18. The first kappa shape index (κ1) is 11.9. The first-order valence-corrected chi connectivity index (χ1v) is 4.84. The number of alkyl halides is 1. The van der Waals surface area contributed by atoms with E-state index in [0.29, 0.717) is 5.69 Å². The van der Waals surface area contributed by atoms with Crippen LogP contribution in [0.5, 0.6) is 0 Å². The summed E-state index contributed by atoms with van der Waals surface area (Å²) < 4.78 is 13.0. The molecule has 0 aliphatic rings. The number of amidine groups is 1. The van der Waals surface area contributed by atoms with Crippen LogP contribution < -0.4 is 5.73 Å². The van der Waals surface area contributed by atoms with Crippen LogP contribution in [-0.2, 0) is 0 Å². The van der Waals surface area contributed by atoms with E-state index in [1.165, 1.54) is 12.1 Å². The first-order valence-electron chi connectivity index (χ1n) is 3.93. The number of benzene rings is 1. The monoisotopic (exact) mass is 248 g/mol. The molecule has 0 spiro atoms. The lowest BCUT2D eigenvalue weighted by atomic mass is 10.2. The molecule has 3 nitrogen and oxygen atoms in total. The van der Waals surface area contributed by atoms with Crippen molar-refractivity contribution in [2.45, 2.75) is 0 Å². The summed E-state index contributed by atoms with van der Waals surface area (Å²) in [4.78, 5) is 14.6. The van der Waals surface area contributed by atoms with E-state index in [1.54, 1.807) is 0 Å². The van der Waals surface area contributed by atoms with Gasteiger partial charge < -0.3 is 5.73 Å². The number of hydrogen-bond acceptors (Lipinski definition) is 2. The number of nitrogens with two attached hydrogens (primary N) is 1. The second-order valence-electron chi connectivity index (χ2n) is 2.67. The van der Waals surface area contributed by atoms with Crippen molar-refractivity contribution in [2.24, 2.45) is 10.7 Å². The molecule has 6 heteroatoms. The summed E-state index contributed by atoms with van der Waals surface area (Å²) in [6.45, 7) is 0. The van der Waals surface area contributed by atoms with Gasteiger partial charge in [-0.05, 0) is 29.8 Å². The molecule has 15 heavy (non-hydrogen) atoms. The van der Waals surface area contributed by atoms with Crippen LogP contribution in [0, 0.1) is 5.82 Å². The van der Waals surface area contributed by atoms with Gasteiger partial charge in [0, 0.05) is 0 Å². The molecule has 0 saturated heterocycles. The number of rotatable bonds is 3. The quantitative estimate of drug-likeness (QED) is 0.387. The Hall–Kier alpha value is -1.13. The number of hydrogen-bond donors (Lipinski definition) is 1. The van der Waals surface area contributed by atoms with Crippen molar-refractivity contribution in [2.75, 3.05) is 5.88 Å². The molecule has 0 radical (unpaired) electrons. The Labute approximate surface area is 95.7 Å². The van der Waals surface area contributed by atoms with E-state index in [0.717, 1.165) is 6.07 Å². The van der Waals surface area contributed by atoms with Crippen LogP contribution in [0.4, 0.5) is 10.1 Å². The molecule has 0 fully saturated rings. The van der Waals surface area contributed by atoms with Gasteiger partial charge in [-0.2, -0.15) is 0 Å². The number of carbonyl (C=O) groups excluding carboxylic acids is 1. The van der Waals surface area contributed by atoms with Gasteiger partial charge in [0.05, 0.1) is 17.1 Å². The molecule has 0 aliphatic heterocycles. The maximum Gasteiger partial charge on any atom is 0.255 e. The Morgan fingerprint density at radius 1 is 1.53 bits per heavy atom. The van der Waals surface area contributed by atoms with Crippen LogP contribution in [0.3, 0.4) is 0 Å². The molecule has 80 valence electrons. The van der Waals surface area contributed by atoms with Crippen molar-refractivity contribution >= 4 is 40.0 Å². The van der Waals surface area contributed by atoms with Crippen LogP contribution >= 0.6 is 23.2 Å². The summed E-state index contributed by atoms with van der Waals surface area (Å²) in [7, 11) is 0. The Kier molecular flexibility index (Phi) is 4.05. The zero-order valence-electron chi connectivity index (χ0n) is 7.51. The van der Waals surface area contributed by atoms with E-state index in [4.69, 9.17) is 28.9 Å². The van der Waals surface area contributed by atoms with Crippen molar-refractivity contribution in [3.63, 3.8) is 0 Å². The van der Waals surface area contributed by atoms with Gasteiger partial charge in [0.15, 0.2) is 0 Å². The topological polar surface area (TPSA) is 55.4 Å². The van der Waals surface area contributed by atoms with E-state index in [2.05, 4.69) is 4.99 Å². The Bertz CT molecular complexity index is 421. The van der Waals surface area contributed by atoms with Crippen molar-refractivity contribution in [1.29, 1.82) is 0 Å². The van der Waals surface area contributed by atoms with Crippen molar-refractivity contribution in [3.8, 4) is 0 Å². The summed E-state index contributed by atoms with van der Waals surface area (Å²) in [6.07, 6.45) is 0. The Balaban J connectivity index is 3.13. The number of aliphatic imine (C=N–C) groups is 1. The molecule has 2 N–H and O–H groups in total. The van der Waals surface area contributed by atoms with Gasteiger partial charge in [0.1, 0.15) is 11.7 Å². The van der Waals surface area contributed by atoms with Gasteiger partial charge in [-0.15, -0.1) is 11.6 Å². The summed E-state index contributed by atoms with van der Waals surface area (Å²) in [5.41, 5.74) is 5.47. The van der Waals surface area contributed by atoms with Crippen molar-refractivity contribution < 1.29 is 9.18 Å². The predicted molar refractivity (Wildman–Crippen MR) is 58.6 cm³/mol. The van der Waals surface area contributed by atoms with Crippen molar-refractivity contribution in [1.82, 2.24) is 0 Å². The Morgan fingerprint density at radius 3 is 2.73 bits per heavy atom. The van der Waals surface area contributed by atoms with Crippen molar-refractivity contribution in [3.05, 3.63) is 29.6 Å². The van der Waals surface area contributed by atoms with E-state index in [1.807, 2.05) is 0 Å². The van der Waals surface area contributed by atoms with Crippen LogP contribution in [0.25, 0.3) is 0 Å². The van der Waals surface area contributed by atoms with Crippen LogP contribution in [0.15, 0.2) is 23.2 Å². The lowest BCUT2D eigenvalue weighted by Gasteiger charge is -2.00. The number of carbonyl (C=O) groups is 1. The first-order chi connectivity index (χ1) is 7.04. The average Bonchev–Trinajstić information content (AvgIpc) is 2.20. The molecule has 0 aliphatic carbocycles. The second kappa shape index (κ2) is 5.09. The second-order valence-corrected chi connectivity index (χ2v) is 3.29. The molecule has 1 aromatic rings.